The molecular weight excluding hydrogens is 400 g/mol. The third kappa shape index (κ3) is 3.02. The molecule has 0 fully saturated rings. The van der Waals surface area contributed by atoms with Gasteiger partial charge in [0.2, 0.25) is 0 Å². The van der Waals surface area contributed by atoms with Crippen LogP contribution in [0.2, 0.25) is 0 Å². The monoisotopic (exact) mass is 418 g/mol. The lowest BCUT2D eigenvalue weighted by atomic mass is 10.0. The van der Waals surface area contributed by atoms with Crippen molar-refractivity contribution in [1.29, 1.82) is 0 Å². The van der Waals surface area contributed by atoms with Gasteiger partial charge in [-0.1, -0.05) is 0 Å². The minimum Gasteiger partial charge on any atom is -0.465 e. The largest absolute Gasteiger partial charge is 0.465 e. The molecule has 0 saturated heterocycles. The number of methoxy groups -OCH3 is 1. The average Bonchev–Trinajstić information content (AvgIpc) is 3.37. The van der Waals surface area contributed by atoms with Crippen LogP contribution in [0.1, 0.15) is 32.0 Å². The number of hydrogen-bond donors (Lipinski definition) is 2. The van der Waals surface area contributed by atoms with E-state index in [0.29, 0.717) is 41.5 Å². The highest BCUT2D eigenvalue weighted by atomic mass is 16.6. The quantitative estimate of drug-likeness (QED) is 0.299. The molecule has 2 aromatic heterocycles. The predicted molar refractivity (Wildman–Crippen MR) is 113 cm³/mol. The molecule has 1 aliphatic rings. The van der Waals surface area contributed by atoms with Crippen LogP contribution in [0.5, 0.6) is 0 Å². The standard InChI is InChI=1S/C22H18N4O5/c1-31-22(28)12-2-4-19-14(8-12)17-11-25(7-6-20(17)24-19)21(27)16-10-23-18-5-3-13(26(29)30)9-15(16)18/h2-5,8-10,23-24H,6-7,11H2,1H3. The number of esters is 1. The number of nitro groups is 1. The van der Waals surface area contributed by atoms with Crippen molar-refractivity contribution in [2.24, 2.45) is 0 Å². The van der Waals surface area contributed by atoms with Crippen LogP contribution in [0.4, 0.5) is 5.69 Å². The normalized spacial score (nSPS) is 13.4. The Bertz CT molecular complexity index is 1380. The number of nitro benzene ring substituents is 1. The Morgan fingerprint density at radius 1 is 1.13 bits per heavy atom. The minimum atomic E-state index is -0.474. The molecule has 3 heterocycles. The Morgan fingerprint density at radius 3 is 2.71 bits per heavy atom. The van der Waals surface area contributed by atoms with Gasteiger partial charge in [-0.25, -0.2) is 4.79 Å². The SMILES string of the molecule is COC(=O)c1ccc2[nH]c3c(c2c1)CN(C(=O)c1c[nH]c2ccc([N+](=O)[O-])cc12)CC3. The molecule has 5 rings (SSSR count). The van der Waals surface area contributed by atoms with Crippen LogP contribution in [0, 0.1) is 10.1 Å². The number of carbonyl (C=O) groups excluding carboxylic acids is 2. The third-order valence-electron chi connectivity index (χ3n) is 5.79. The maximum absolute atomic E-state index is 13.3. The van der Waals surface area contributed by atoms with E-state index in [1.165, 1.54) is 19.2 Å². The van der Waals surface area contributed by atoms with Crippen molar-refractivity contribution in [2.45, 2.75) is 13.0 Å². The fourth-order valence-electron chi connectivity index (χ4n) is 4.20. The highest BCUT2D eigenvalue weighted by molar-refractivity contribution is 6.07. The van der Waals surface area contributed by atoms with E-state index in [2.05, 4.69) is 9.97 Å². The molecule has 31 heavy (non-hydrogen) atoms. The molecular formula is C22H18N4O5. The minimum absolute atomic E-state index is 0.0611. The van der Waals surface area contributed by atoms with E-state index in [-0.39, 0.29) is 11.6 Å². The first-order valence-electron chi connectivity index (χ1n) is 9.73. The van der Waals surface area contributed by atoms with Gasteiger partial charge >= 0.3 is 5.97 Å². The number of aromatic nitrogens is 2. The van der Waals surface area contributed by atoms with Crippen molar-refractivity contribution in [3.63, 3.8) is 0 Å². The molecule has 0 saturated carbocycles. The van der Waals surface area contributed by atoms with E-state index < -0.39 is 10.9 Å². The molecule has 0 radical (unpaired) electrons. The number of aromatic amines is 2. The molecule has 4 aromatic rings. The summed E-state index contributed by atoms with van der Waals surface area (Å²) in [5.74, 6) is -0.614. The summed E-state index contributed by atoms with van der Waals surface area (Å²) in [5.41, 5.74) is 4.36. The molecule has 0 aliphatic carbocycles. The van der Waals surface area contributed by atoms with Crippen molar-refractivity contribution in [3.8, 4) is 0 Å². The molecule has 0 spiro atoms. The lowest BCUT2D eigenvalue weighted by molar-refractivity contribution is -0.384. The molecule has 1 amide bonds. The van der Waals surface area contributed by atoms with E-state index in [1.807, 2.05) is 6.07 Å². The van der Waals surface area contributed by atoms with Gasteiger partial charge < -0.3 is 19.6 Å². The number of carbonyl (C=O) groups is 2. The van der Waals surface area contributed by atoms with Crippen LogP contribution in [0.15, 0.2) is 42.6 Å². The lowest BCUT2D eigenvalue weighted by Gasteiger charge is -2.27. The van der Waals surface area contributed by atoms with Crippen molar-refractivity contribution in [2.75, 3.05) is 13.7 Å². The topological polar surface area (TPSA) is 121 Å². The van der Waals surface area contributed by atoms with E-state index in [1.54, 1.807) is 29.3 Å². The number of nitrogens with zero attached hydrogens (tertiary/aromatic N) is 2. The van der Waals surface area contributed by atoms with Crippen LogP contribution in [-0.4, -0.2) is 45.3 Å². The summed E-state index contributed by atoms with van der Waals surface area (Å²) < 4.78 is 4.82. The Balaban J connectivity index is 1.51. The molecule has 1 aliphatic heterocycles. The highest BCUT2D eigenvalue weighted by Gasteiger charge is 2.27. The summed E-state index contributed by atoms with van der Waals surface area (Å²) >= 11 is 0. The smallest absolute Gasteiger partial charge is 0.337 e. The number of ether oxygens (including phenoxy) is 1. The maximum atomic E-state index is 13.3. The number of nitrogens with one attached hydrogen (secondary N) is 2. The van der Waals surface area contributed by atoms with Gasteiger partial charge in [0.05, 0.1) is 23.2 Å². The zero-order valence-electron chi connectivity index (χ0n) is 16.6. The van der Waals surface area contributed by atoms with Crippen LogP contribution in [0.3, 0.4) is 0 Å². The Kier molecular flexibility index (Phi) is 4.25. The third-order valence-corrected chi connectivity index (χ3v) is 5.79. The van der Waals surface area contributed by atoms with Gasteiger partial charge in [0, 0.05) is 70.9 Å². The molecule has 9 nitrogen and oxygen atoms in total. The summed E-state index contributed by atoms with van der Waals surface area (Å²) in [7, 11) is 1.34. The van der Waals surface area contributed by atoms with Crippen LogP contribution in [0.25, 0.3) is 21.8 Å². The zero-order valence-corrected chi connectivity index (χ0v) is 16.6. The average molecular weight is 418 g/mol. The van der Waals surface area contributed by atoms with Gasteiger partial charge in [0.25, 0.3) is 11.6 Å². The van der Waals surface area contributed by atoms with Gasteiger partial charge in [0.15, 0.2) is 0 Å². The number of amides is 1. The van der Waals surface area contributed by atoms with Crippen molar-refractivity contribution < 1.29 is 19.2 Å². The summed E-state index contributed by atoms with van der Waals surface area (Å²) in [5, 5.41) is 12.5. The van der Waals surface area contributed by atoms with Gasteiger partial charge in [0.1, 0.15) is 0 Å². The number of fused-ring (bicyclic) bond motifs is 4. The Morgan fingerprint density at radius 2 is 1.94 bits per heavy atom. The molecule has 2 aromatic carbocycles. The molecule has 2 N–H and O–H groups in total. The van der Waals surface area contributed by atoms with Crippen LogP contribution in [-0.2, 0) is 17.7 Å². The Hall–Kier alpha value is -4.14. The molecule has 156 valence electrons. The van der Waals surface area contributed by atoms with Crippen molar-refractivity contribution >= 4 is 39.4 Å². The summed E-state index contributed by atoms with van der Waals surface area (Å²) in [6.07, 6.45) is 2.24. The second kappa shape index (κ2) is 6.98. The fraction of sp³-hybridized carbons (Fsp3) is 0.182. The van der Waals surface area contributed by atoms with Crippen LogP contribution >= 0.6 is 0 Å². The number of rotatable bonds is 3. The summed E-state index contributed by atoms with van der Waals surface area (Å²) in [4.78, 5) is 44.0. The summed E-state index contributed by atoms with van der Waals surface area (Å²) in [6.45, 7) is 0.893. The van der Waals surface area contributed by atoms with E-state index >= 15 is 0 Å². The van der Waals surface area contributed by atoms with E-state index in [4.69, 9.17) is 4.74 Å². The van der Waals surface area contributed by atoms with E-state index in [9.17, 15) is 19.7 Å². The predicted octanol–water partition coefficient (Wildman–Crippen LogP) is 3.54. The second-order valence-corrected chi connectivity index (χ2v) is 7.50. The van der Waals surface area contributed by atoms with E-state index in [0.717, 1.165) is 22.2 Å². The van der Waals surface area contributed by atoms with Gasteiger partial charge in [-0.3, -0.25) is 14.9 Å². The van der Waals surface area contributed by atoms with Gasteiger partial charge in [-0.15, -0.1) is 0 Å². The molecule has 0 unspecified atom stereocenters. The molecule has 9 heteroatoms. The van der Waals surface area contributed by atoms with Gasteiger partial charge in [-0.05, 0) is 24.3 Å². The van der Waals surface area contributed by atoms with Crippen molar-refractivity contribution in [1.82, 2.24) is 14.9 Å². The first-order chi connectivity index (χ1) is 15.0. The molecule has 0 atom stereocenters. The fourth-order valence-corrected chi connectivity index (χ4v) is 4.20. The summed E-state index contributed by atoms with van der Waals surface area (Å²) in [6, 6.07) is 9.75. The highest BCUT2D eigenvalue weighted by Crippen LogP contribution is 2.31. The lowest BCUT2D eigenvalue weighted by Crippen LogP contribution is -2.35. The number of non-ortho nitro benzene ring substituents is 1. The molecule has 0 bridgehead atoms. The number of H-pyrrole nitrogens is 2. The Labute approximate surface area is 175 Å². The van der Waals surface area contributed by atoms with Gasteiger partial charge in [-0.2, -0.15) is 0 Å². The second-order valence-electron chi connectivity index (χ2n) is 7.50. The maximum Gasteiger partial charge on any atom is 0.337 e. The first-order valence-corrected chi connectivity index (χ1v) is 9.73. The number of benzene rings is 2. The van der Waals surface area contributed by atoms with Crippen molar-refractivity contribution in [3.05, 3.63) is 75.1 Å². The zero-order chi connectivity index (χ0) is 21.7. The van der Waals surface area contributed by atoms with Crippen LogP contribution < -0.4 is 0 Å². The number of hydrogen-bond acceptors (Lipinski definition) is 5. The first kappa shape index (κ1) is 18.9.